The third-order valence-electron chi connectivity index (χ3n) is 6.19. The number of rotatable bonds is 11. The van der Waals surface area contributed by atoms with Crippen molar-refractivity contribution in [3.8, 4) is 5.75 Å². The van der Waals surface area contributed by atoms with E-state index >= 15 is 0 Å². The van der Waals surface area contributed by atoms with Crippen LogP contribution in [-0.4, -0.2) is 24.8 Å². The maximum absolute atomic E-state index is 12.6. The topological polar surface area (TPSA) is 38.8 Å². The van der Waals surface area contributed by atoms with Crippen LogP contribution in [0.1, 0.15) is 66.7 Å². The molecule has 35 heavy (non-hydrogen) atoms. The first-order valence-corrected chi connectivity index (χ1v) is 12.5. The minimum Gasteiger partial charge on any atom is -0.397 e. The summed E-state index contributed by atoms with van der Waals surface area (Å²) in [6.07, 6.45) is 1.76. The van der Waals surface area contributed by atoms with Gasteiger partial charge < -0.3 is 8.92 Å². The molecule has 0 fully saturated rings. The summed E-state index contributed by atoms with van der Waals surface area (Å²) in [6.45, 7) is 9.74. The van der Waals surface area contributed by atoms with Crippen LogP contribution in [0.3, 0.4) is 0 Å². The Morgan fingerprint density at radius 2 is 1.57 bits per heavy atom. The van der Waals surface area contributed by atoms with Gasteiger partial charge in [-0.15, -0.1) is 3.89 Å². The number of nitrogens with zero attached hydrogens (tertiary/aromatic N) is 1. The van der Waals surface area contributed by atoms with Gasteiger partial charge in [0, 0.05) is 23.2 Å². The fourth-order valence-corrected chi connectivity index (χ4v) is 4.50. The molecule has 1 atom stereocenters. The van der Waals surface area contributed by atoms with Gasteiger partial charge in [0.25, 0.3) is 12.4 Å². The molecular weight excluding hydrogens is 461 g/mol. The van der Waals surface area contributed by atoms with E-state index in [-0.39, 0.29) is 17.8 Å². The van der Waals surface area contributed by atoms with Gasteiger partial charge in [-0.25, -0.2) is 0 Å². The summed E-state index contributed by atoms with van der Waals surface area (Å²) in [5.74, 6) is 0.398. The number of hydrogen-bond acceptors (Lipinski definition) is 5. The molecule has 0 bridgehead atoms. The molecule has 0 aliphatic rings. The predicted octanol–water partition coefficient (Wildman–Crippen LogP) is 7.47. The molecule has 3 rings (SSSR count). The molecule has 0 amide bonds. The Labute approximate surface area is 213 Å². The minimum absolute atomic E-state index is 0.0646. The lowest BCUT2D eigenvalue weighted by Crippen LogP contribution is -2.48. The van der Waals surface area contributed by atoms with Crippen LogP contribution in [0.5, 0.6) is 5.75 Å². The Hall–Kier alpha value is -2.67. The van der Waals surface area contributed by atoms with E-state index in [4.69, 9.17) is 8.92 Å². The van der Waals surface area contributed by atoms with E-state index in [1.807, 2.05) is 37.4 Å². The Kier molecular flexibility index (Phi) is 9.11. The van der Waals surface area contributed by atoms with Gasteiger partial charge in [0.05, 0.1) is 6.61 Å². The predicted molar refractivity (Wildman–Crippen MR) is 141 cm³/mol. The van der Waals surface area contributed by atoms with E-state index in [0.29, 0.717) is 17.9 Å². The van der Waals surface area contributed by atoms with Crippen LogP contribution in [0.4, 0.5) is 3.89 Å². The monoisotopic (exact) mass is 495 g/mol. The molecule has 6 heteroatoms. The zero-order valence-corrected chi connectivity index (χ0v) is 21.9. The van der Waals surface area contributed by atoms with Crippen LogP contribution < -0.4 is 4.18 Å². The van der Waals surface area contributed by atoms with Crippen molar-refractivity contribution >= 4 is 18.7 Å². The third kappa shape index (κ3) is 6.13. The summed E-state index contributed by atoms with van der Waals surface area (Å²) in [7, 11) is 2.00. The van der Waals surface area contributed by atoms with Gasteiger partial charge in [0.15, 0.2) is 12.0 Å². The number of hydrogen-bond donors (Lipinski definition) is 0. The lowest BCUT2D eigenvalue weighted by atomic mass is 9.86. The van der Waals surface area contributed by atoms with Crippen LogP contribution >= 0.6 is 12.4 Å². The summed E-state index contributed by atoms with van der Waals surface area (Å²) in [5, 5.41) is 0. The summed E-state index contributed by atoms with van der Waals surface area (Å²) in [4.78, 5) is 14.2. The lowest BCUT2D eigenvalue weighted by molar-refractivity contribution is -0.133. The van der Waals surface area contributed by atoms with Gasteiger partial charge in [0.1, 0.15) is 5.75 Å². The summed E-state index contributed by atoms with van der Waals surface area (Å²) < 4.78 is 24.4. The molecule has 3 aromatic rings. The number of carbonyl (C=O) groups excluding carboxylic acids is 1. The molecule has 3 aromatic carbocycles. The molecule has 1 unspecified atom stereocenters. The Morgan fingerprint density at radius 1 is 0.943 bits per heavy atom. The van der Waals surface area contributed by atoms with E-state index in [1.54, 1.807) is 18.2 Å². The maximum atomic E-state index is 12.6. The van der Waals surface area contributed by atoms with Crippen LogP contribution in [0, 0.1) is 0 Å². The molecular formula is C29H34FNO3S. The highest BCUT2D eigenvalue weighted by atomic mass is 32.2. The molecule has 0 aliphatic carbocycles. The number of ether oxygens (including phenoxy) is 1. The average molecular weight is 496 g/mol. The second-order valence-electron chi connectivity index (χ2n) is 9.68. The van der Waals surface area contributed by atoms with Gasteiger partial charge >= 0.3 is 0 Å². The van der Waals surface area contributed by atoms with E-state index in [0.717, 1.165) is 35.9 Å². The molecule has 0 heterocycles. The van der Waals surface area contributed by atoms with E-state index in [1.165, 1.54) is 5.56 Å². The standard InChI is InChI=1S/C29H34FNO3S/c1-6-19-31(5)29(27-10-8-7-9-23(27)20-32,25-15-17-26(18-16-25)34-35-30)33-21-22-11-13-24(14-12-22)28(2,3)4/h7-18,20H,6,19,21H2,1-5H3. The summed E-state index contributed by atoms with van der Waals surface area (Å²) >= 11 is -0.193. The van der Waals surface area contributed by atoms with Crippen LogP contribution in [-0.2, 0) is 22.5 Å². The Balaban J connectivity index is 2.12. The first-order chi connectivity index (χ1) is 16.8. The fourth-order valence-electron chi connectivity index (χ4n) is 4.32. The second kappa shape index (κ2) is 11.8. The number of aldehydes is 1. The van der Waals surface area contributed by atoms with Gasteiger partial charge in [-0.05, 0) is 42.1 Å². The lowest BCUT2D eigenvalue weighted by Gasteiger charge is -2.43. The highest BCUT2D eigenvalue weighted by Gasteiger charge is 2.41. The number of carbonyl (C=O) groups is 1. The highest BCUT2D eigenvalue weighted by molar-refractivity contribution is 7.89. The normalized spacial score (nSPS) is 13.5. The van der Waals surface area contributed by atoms with Crippen molar-refractivity contribution < 1.29 is 17.6 Å². The molecule has 186 valence electrons. The van der Waals surface area contributed by atoms with Crippen molar-refractivity contribution in [1.82, 2.24) is 4.90 Å². The number of halogens is 1. The molecule has 0 N–H and O–H groups in total. The first kappa shape index (κ1) is 26.9. The first-order valence-electron chi connectivity index (χ1n) is 11.8. The summed E-state index contributed by atoms with van der Waals surface area (Å²) in [5.41, 5.74) is 3.44. The zero-order chi connectivity index (χ0) is 25.5. The Morgan fingerprint density at radius 3 is 2.14 bits per heavy atom. The fraction of sp³-hybridized carbons (Fsp3) is 0.345. The van der Waals surface area contributed by atoms with Gasteiger partial charge in [-0.1, -0.05) is 88.4 Å². The van der Waals surface area contributed by atoms with Crippen LogP contribution in [0.2, 0.25) is 0 Å². The van der Waals surface area contributed by atoms with Gasteiger partial charge in [-0.2, -0.15) is 0 Å². The smallest absolute Gasteiger partial charge is 0.272 e. The van der Waals surface area contributed by atoms with Crippen LogP contribution in [0.25, 0.3) is 0 Å². The van der Waals surface area contributed by atoms with E-state index in [9.17, 15) is 8.68 Å². The van der Waals surface area contributed by atoms with Crippen LogP contribution in [0.15, 0.2) is 72.8 Å². The maximum Gasteiger partial charge on any atom is 0.272 e. The third-order valence-corrected chi connectivity index (χ3v) is 6.45. The van der Waals surface area contributed by atoms with Gasteiger partial charge in [-0.3, -0.25) is 9.69 Å². The van der Waals surface area contributed by atoms with Crippen molar-refractivity contribution in [2.75, 3.05) is 13.6 Å². The largest absolute Gasteiger partial charge is 0.397 e. The van der Waals surface area contributed by atoms with Crippen molar-refractivity contribution in [2.45, 2.75) is 51.9 Å². The van der Waals surface area contributed by atoms with Gasteiger partial charge in [0.2, 0.25) is 0 Å². The molecule has 0 saturated carbocycles. The zero-order valence-electron chi connectivity index (χ0n) is 21.1. The quantitative estimate of drug-likeness (QED) is 0.157. The van der Waals surface area contributed by atoms with Crippen molar-refractivity contribution in [3.63, 3.8) is 0 Å². The molecule has 0 radical (unpaired) electrons. The molecule has 0 aromatic heterocycles. The molecule has 0 spiro atoms. The second-order valence-corrected chi connectivity index (χ2v) is 9.97. The molecule has 0 saturated heterocycles. The summed E-state index contributed by atoms with van der Waals surface area (Å²) in [6, 6.07) is 23.1. The van der Waals surface area contributed by atoms with Crippen molar-refractivity contribution in [3.05, 3.63) is 101 Å². The van der Waals surface area contributed by atoms with E-state index < -0.39 is 5.72 Å². The van der Waals surface area contributed by atoms with E-state index in [2.05, 4.69) is 56.9 Å². The van der Waals surface area contributed by atoms with Crippen molar-refractivity contribution in [1.29, 1.82) is 0 Å². The highest BCUT2D eigenvalue weighted by Crippen LogP contribution is 2.40. The molecule has 0 aliphatic heterocycles. The molecule has 4 nitrogen and oxygen atoms in total. The Bertz CT molecular complexity index is 1100. The van der Waals surface area contributed by atoms with Crippen molar-refractivity contribution in [2.24, 2.45) is 0 Å². The SMILES string of the molecule is CCCN(C)C(OCc1ccc(C(C)(C)C)cc1)(c1ccc(OSF)cc1)c1ccccc1C=O. The minimum atomic E-state index is -1.04. The average Bonchev–Trinajstić information content (AvgIpc) is 2.85. The number of benzene rings is 3.